The van der Waals surface area contributed by atoms with Gasteiger partial charge in [-0.3, -0.25) is 4.79 Å². The lowest BCUT2D eigenvalue weighted by molar-refractivity contribution is 0.0526. The molecule has 28 heavy (non-hydrogen) atoms. The van der Waals surface area contributed by atoms with Crippen LogP contribution in [0, 0.1) is 6.92 Å². The number of esters is 1. The third-order valence-electron chi connectivity index (χ3n) is 4.64. The van der Waals surface area contributed by atoms with Crippen LogP contribution in [0.3, 0.4) is 0 Å². The molecule has 0 bridgehead atoms. The molecular weight excluding hydrogens is 356 g/mol. The summed E-state index contributed by atoms with van der Waals surface area (Å²) in [7, 11) is 0. The standard InChI is InChI=1S/C21H26N4O3/c1-3-28-21(27)16-8-10-17(11-9-16)24-20(26)18-14-19(23-15(2)22-18)25-12-6-4-5-7-13-25/h8-11,14H,3-7,12-13H2,1-2H3,(H,24,26). The summed E-state index contributed by atoms with van der Waals surface area (Å²) in [6.07, 6.45) is 4.74. The number of carbonyl (C=O) groups is 2. The second-order valence-electron chi connectivity index (χ2n) is 6.81. The number of hydrogen-bond donors (Lipinski definition) is 1. The van der Waals surface area contributed by atoms with E-state index in [1.807, 2.05) is 0 Å². The maximum absolute atomic E-state index is 12.7. The highest BCUT2D eigenvalue weighted by Crippen LogP contribution is 2.19. The number of anilines is 2. The van der Waals surface area contributed by atoms with Gasteiger partial charge in [0.15, 0.2) is 0 Å². The molecule has 0 atom stereocenters. The van der Waals surface area contributed by atoms with Crippen LogP contribution in [-0.2, 0) is 4.74 Å². The number of benzene rings is 1. The van der Waals surface area contributed by atoms with Gasteiger partial charge in [-0.2, -0.15) is 0 Å². The van der Waals surface area contributed by atoms with Gasteiger partial charge in [-0.25, -0.2) is 14.8 Å². The van der Waals surface area contributed by atoms with Crippen molar-refractivity contribution in [2.45, 2.75) is 39.5 Å². The molecule has 7 heteroatoms. The molecular formula is C21H26N4O3. The van der Waals surface area contributed by atoms with E-state index in [0.29, 0.717) is 29.4 Å². The average molecular weight is 382 g/mol. The van der Waals surface area contributed by atoms with E-state index in [9.17, 15) is 9.59 Å². The molecule has 0 aliphatic carbocycles. The molecule has 0 radical (unpaired) electrons. The Labute approximate surface area is 165 Å². The summed E-state index contributed by atoms with van der Waals surface area (Å²) in [6.45, 7) is 5.78. The van der Waals surface area contributed by atoms with Crippen LogP contribution in [-0.4, -0.2) is 41.5 Å². The van der Waals surface area contributed by atoms with E-state index in [1.54, 1.807) is 44.2 Å². The molecule has 1 aromatic heterocycles. The summed E-state index contributed by atoms with van der Waals surface area (Å²) in [5.41, 5.74) is 1.37. The van der Waals surface area contributed by atoms with Crippen molar-refractivity contribution in [2.75, 3.05) is 29.9 Å². The molecule has 148 valence electrons. The fourth-order valence-electron chi connectivity index (χ4n) is 3.23. The van der Waals surface area contributed by atoms with Crippen LogP contribution in [0.5, 0.6) is 0 Å². The average Bonchev–Trinajstić information content (AvgIpc) is 2.98. The Balaban J connectivity index is 1.72. The Morgan fingerprint density at radius 3 is 2.39 bits per heavy atom. The molecule has 1 aliphatic heterocycles. The summed E-state index contributed by atoms with van der Waals surface area (Å²) >= 11 is 0. The molecule has 0 unspecified atom stereocenters. The molecule has 1 aromatic carbocycles. The molecule has 0 saturated carbocycles. The molecule has 2 heterocycles. The van der Waals surface area contributed by atoms with Crippen molar-refractivity contribution in [1.29, 1.82) is 0 Å². The van der Waals surface area contributed by atoms with E-state index in [2.05, 4.69) is 20.2 Å². The Morgan fingerprint density at radius 2 is 1.75 bits per heavy atom. The molecule has 0 spiro atoms. The van der Waals surface area contributed by atoms with E-state index in [0.717, 1.165) is 31.7 Å². The predicted molar refractivity (Wildman–Crippen MR) is 108 cm³/mol. The summed E-state index contributed by atoms with van der Waals surface area (Å²) in [5.74, 6) is 0.695. The fourth-order valence-corrected chi connectivity index (χ4v) is 3.23. The van der Waals surface area contributed by atoms with Gasteiger partial charge in [-0.15, -0.1) is 0 Å². The SMILES string of the molecule is CCOC(=O)c1ccc(NC(=O)c2cc(N3CCCCCC3)nc(C)n2)cc1. The normalized spacial score (nSPS) is 14.3. The van der Waals surface area contributed by atoms with Crippen molar-refractivity contribution in [3.63, 3.8) is 0 Å². The van der Waals surface area contributed by atoms with Gasteiger partial charge in [-0.05, 0) is 51.0 Å². The molecule has 1 amide bonds. The second-order valence-corrected chi connectivity index (χ2v) is 6.81. The van der Waals surface area contributed by atoms with Gasteiger partial charge in [0.2, 0.25) is 0 Å². The molecule has 1 N–H and O–H groups in total. The van der Waals surface area contributed by atoms with Crippen molar-refractivity contribution >= 4 is 23.4 Å². The van der Waals surface area contributed by atoms with Crippen LogP contribution >= 0.6 is 0 Å². The predicted octanol–water partition coefficient (Wildman–Crippen LogP) is 3.59. The zero-order valence-corrected chi connectivity index (χ0v) is 16.4. The quantitative estimate of drug-likeness (QED) is 0.796. The number of nitrogens with zero attached hydrogens (tertiary/aromatic N) is 3. The van der Waals surface area contributed by atoms with Gasteiger partial charge >= 0.3 is 5.97 Å². The lowest BCUT2D eigenvalue weighted by atomic mass is 10.2. The molecule has 2 aromatic rings. The van der Waals surface area contributed by atoms with Gasteiger partial charge in [0, 0.05) is 24.8 Å². The van der Waals surface area contributed by atoms with Gasteiger partial charge in [0.1, 0.15) is 17.3 Å². The first-order chi connectivity index (χ1) is 13.6. The number of aryl methyl sites for hydroxylation is 1. The largest absolute Gasteiger partial charge is 0.462 e. The Morgan fingerprint density at radius 1 is 1.07 bits per heavy atom. The highest BCUT2D eigenvalue weighted by atomic mass is 16.5. The van der Waals surface area contributed by atoms with Gasteiger partial charge < -0.3 is 15.0 Å². The molecule has 1 fully saturated rings. The summed E-state index contributed by atoms with van der Waals surface area (Å²) in [5, 5.41) is 2.83. The first-order valence-electron chi connectivity index (χ1n) is 9.76. The topological polar surface area (TPSA) is 84.4 Å². The van der Waals surface area contributed by atoms with Gasteiger partial charge in [-0.1, -0.05) is 12.8 Å². The van der Waals surface area contributed by atoms with Crippen LogP contribution in [0.1, 0.15) is 59.3 Å². The minimum absolute atomic E-state index is 0.301. The molecule has 3 rings (SSSR count). The van der Waals surface area contributed by atoms with Crippen molar-refractivity contribution in [1.82, 2.24) is 9.97 Å². The van der Waals surface area contributed by atoms with E-state index in [1.165, 1.54) is 12.8 Å². The van der Waals surface area contributed by atoms with Crippen LogP contribution in [0.2, 0.25) is 0 Å². The summed E-state index contributed by atoms with van der Waals surface area (Å²) < 4.78 is 4.96. The van der Waals surface area contributed by atoms with Crippen molar-refractivity contribution in [2.24, 2.45) is 0 Å². The van der Waals surface area contributed by atoms with Crippen molar-refractivity contribution in [3.8, 4) is 0 Å². The van der Waals surface area contributed by atoms with Gasteiger partial charge in [0.25, 0.3) is 5.91 Å². The summed E-state index contributed by atoms with van der Waals surface area (Å²) in [6, 6.07) is 8.35. The molecule has 1 aliphatic rings. The monoisotopic (exact) mass is 382 g/mol. The Hall–Kier alpha value is -2.96. The Kier molecular flexibility index (Phi) is 6.57. The van der Waals surface area contributed by atoms with Crippen LogP contribution in [0.25, 0.3) is 0 Å². The zero-order valence-electron chi connectivity index (χ0n) is 16.4. The number of rotatable bonds is 5. The third kappa shape index (κ3) is 5.06. The first kappa shape index (κ1) is 19.8. The zero-order chi connectivity index (χ0) is 19.9. The first-order valence-corrected chi connectivity index (χ1v) is 9.76. The smallest absolute Gasteiger partial charge is 0.338 e. The van der Waals surface area contributed by atoms with Crippen LogP contribution in [0.4, 0.5) is 11.5 Å². The fraction of sp³-hybridized carbons (Fsp3) is 0.429. The van der Waals surface area contributed by atoms with Crippen LogP contribution in [0.15, 0.2) is 30.3 Å². The number of amides is 1. The lowest BCUT2D eigenvalue weighted by Crippen LogP contribution is -2.26. The van der Waals surface area contributed by atoms with Crippen molar-refractivity contribution < 1.29 is 14.3 Å². The van der Waals surface area contributed by atoms with E-state index >= 15 is 0 Å². The van der Waals surface area contributed by atoms with Gasteiger partial charge in [0.05, 0.1) is 12.2 Å². The third-order valence-corrected chi connectivity index (χ3v) is 4.64. The number of ether oxygens (including phenoxy) is 1. The second kappa shape index (κ2) is 9.30. The van der Waals surface area contributed by atoms with E-state index < -0.39 is 0 Å². The number of hydrogen-bond acceptors (Lipinski definition) is 6. The van der Waals surface area contributed by atoms with E-state index in [4.69, 9.17) is 4.74 Å². The minimum Gasteiger partial charge on any atom is -0.462 e. The molecule has 1 saturated heterocycles. The number of carbonyl (C=O) groups excluding carboxylic acids is 2. The lowest BCUT2D eigenvalue weighted by Gasteiger charge is -2.22. The highest BCUT2D eigenvalue weighted by molar-refractivity contribution is 6.03. The molecule has 7 nitrogen and oxygen atoms in total. The minimum atomic E-state index is -0.381. The Bertz CT molecular complexity index is 828. The number of aromatic nitrogens is 2. The van der Waals surface area contributed by atoms with Crippen LogP contribution < -0.4 is 10.2 Å². The van der Waals surface area contributed by atoms with E-state index in [-0.39, 0.29) is 11.9 Å². The maximum Gasteiger partial charge on any atom is 0.338 e. The van der Waals surface area contributed by atoms with Crippen molar-refractivity contribution in [3.05, 3.63) is 47.4 Å². The summed E-state index contributed by atoms with van der Waals surface area (Å²) in [4.78, 5) is 35.4. The maximum atomic E-state index is 12.7. The number of nitrogens with one attached hydrogen (secondary N) is 1. The highest BCUT2D eigenvalue weighted by Gasteiger charge is 2.16.